The summed E-state index contributed by atoms with van der Waals surface area (Å²) in [4.78, 5) is 17.4. The number of aromatic nitrogens is 1. The van der Waals surface area contributed by atoms with E-state index in [-0.39, 0.29) is 25.3 Å². The monoisotopic (exact) mass is 338 g/mol. The Morgan fingerprint density at radius 1 is 1.38 bits per heavy atom. The summed E-state index contributed by atoms with van der Waals surface area (Å²) in [5.41, 5.74) is 2.63. The van der Waals surface area contributed by atoms with Crippen LogP contribution in [0.2, 0.25) is 0 Å². The molecule has 1 atom stereocenters. The zero-order valence-electron chi connectivity index (χ0n) is 13.6. The van der Waals surface area contributed by atoms with E-state index in [0.29, 0.717) is 18.5 Å². The van der Waals surface area contributed by atoms with Crippen molar-refractivity contribution in [2.24, 2.45) is 5.92 Å². The molecule has 130 valence electrons. The molecule has 0 saturated carbocycles. The van der Waals surface area contributed by atoms with Crippen LogP contribution in [-0.4, -0.2) is 41.5 Å². The zero-order chi connectivity index (χ0) is 17.3. The van der Waals surface area contributed by atoms with E-state index in [1.54, 1.807) is 11.1 Å². The van der Waals surface area contributed by atoms with Gasteiger partial charge in [-0.2, -0.15) is 13.2 Å². The van der Waals surface area contributed by atoms with Gasteiger partial charge >= 0.3 is 6.18 Å². The summed E-state index contributed by atoms with van der Waals surface area (Å²) in [6.45, 7) is 2.54. The van der Waals surface area contributed by atoms with Crippen LogP contribution in [0.1, 0.15) is 35.7 Å². The summed E-state index contributed by atoms with van der Waals surface area (Å²) >= 11 is 0. The van der Waals surface area contributed by atoms with E-state index < -0.39 is 12.1 Å². The predicted molar refractivity (Wildman–Crippen MR) is 87.2 cm³/mol. The summed E-state index contributed by atoms with van der Waals surface area (Å²) in [7, 11) is 0. The predicted octanol–water partition coefficient (Wildman–Crippen LogP) is 4.19. The van der Waals surface area contributed by atoms with Crippen LogP contribution >= 0.6 is 0 Å². The first-order chi connectivity index (χ1) is 11.4. The molecule has 0 bridgehead atoms. The molecule has 1 N–H and O–H groups in total. The topological polar surface area (TPSA) is 36.1 Å². The fourth-order valence-electron chi connectivity index (χ4n) is 3.50. The number of aryl methyl sites for hydroxylation is 1. The van der Waals surface area contributed by atoms with Crippen LogP contribution < -0.4 is 0 Å². The van der Waals surface area contributed by atoms with Crippen LogP contribution in [0.25, 0.3) is 10.9 Å². The normalized spacial score (nSPS) is 19.8. The van der Waals surface area contributed by atoms with E-state index in [2.05, 4.69) is 4.98 Å². The number of rotatable bonds is 4. The molecule has 24 heavy (non-hydrogen) atoms. The highest BCUT2D eigenvalue weighted by molar-refractivity contribution is 6.09. The molecule has 2 heterocycles. The fraction of sp³-hybridized carbons (Fsp3) is 0.500. The van der Waals surface area contributed by atoms with Gasteiger partial charge in [-0.15, -0.1) is 0 Å². The molecule has 2 aromatic rings. The van der Waals surface area contributed by atoms with Crippen LogP contribution in [0.5, 0.6) is 0 Å². The lowest BCUT2D eigenvalue weighted by Crippen LogP contribution is -2.43. The van der Waals surface area contributed by atoms with E-state index in [0.717, 1.165) is 22.9 Å². The number of carbonyl (C=O) groups excluding carboxylic acids is 1. The number of likely N-dealkylation sites (tertiary alicyclic amines) is 1. The Kier molecular flexibility index (Phi) is 4.67. The summed E-state index contributed by atoms with van der Waals surface area (Å²) in [6.07, 6.45) is -1.02. The Labute approximate surface area is 138 Å². The Bertz CT molecular complexity index is 735. The molecule has 0 spiro atoms. The molecule has 1 aliphatic heterocycles. The smallest absolute Gasteiger partial charge is 0.360 e. The van der Waals surface area contributed by atoms with Crippen molar-refractivity contribution in [3.63, 3.8) is 0 Å². The molecule has 1 aromatic heterocycles. The van der Waals surface area contributed by atoms with Crippen molar-refractivity contribution in [3.05, 3.63) is 35.5 Å². The molecule has 0 aliphatic carbocycles. The number of nitrogens with one attached hydrogen (secondary N) is 1. The van der Waals surface area contributed by atoms with Crippen LogP contribution in [0.4, 0.5) is 13.2 Å². The largest absolute Gasteiger partial charge is 0.393 e. The van der Waals surface area contributed by atoms with Gasteiger partial charge in [0.25, 0.3) is 0 Å². The average Bonchev–Trinajstić information content (AvgIpc) is 2.98. The second-order valence-corrected chi connectivity index (χ2v) is 6.43. The van der Waals surface area contributed by atoms with Crippen molar-refractivity contribution in [1.29, 1.82) is 0 Å². The Morgan fingerprint density at radius 2 is 2.17 bits per heavy atom. The Balaban J connectivity index is 1.76. The van der Waals surface area contributed by atoms with Gasteiger partial charge < -0.3 is 4.98 Å². The lowest BCUT2D eigenvalue weighted by Gasteiger charge is -2.33. The molecule has 1 saturated heterocycles. The molecule has 1 unspecified atom stereocenters. The Hall–Kier alpha value is -1.82. The molecule has 1 fully saturated rings. The molecule has 0 amide bonds. The van der Waals surface area contributed by atoms with Gasteiger partial charge in [0.05, 0.1) is 12.5 Å². The quantitative estimate of drug-likeness (QED) is 0.849. The van der Waals surface area contributed by atoms with Gasteiger partial charge in [0.15, 0.2) is 5.78 Å². The number of fused-ring (bicyclic) bond motifs is 1. The number of alkyl halides is 3. The van der Waals surface area contributed by atoms with Crippen molar-refractivity contribution >= 4 is 16.7 Å². The van der Waals surface area contributed by atoms with Crippen molar-refractivity contribution in [1.82, 2.24) is 9.88 Å². The second kappa shape index (κ2) is 6.59. The van der Waals surface area contributed by atoms with E-state index >= 15 is 0 Å². The molecule has 3 nitrogen and oxygen atoms in total. The molecular formula is C18H21F3N2O. The van der Waals surface area contributed by atoms with Gasteiger partial charge in [-0.05, 0) is 31.4 Å². The third-order valence-electron chi connectivity index (χ3n) is 4.82. The number of hydrogen-bond acceptors (Lipinski definition) is 2. The van der Waals surface area contributed by atoms with E-state index in [9.17, 15) is 18.0 Å². The van der Waals surface area contributed by atoms with Crippen LogP contribution in [0.3, 0.4) is 0 Å². The molecule has 0 radical (unpaired) electrons. The van der Waals surface area contributed by atoms with Crippen molar-refractivity contribution in [3.8, 4) is 0 Å². The summed E-state index contributed by atoms with van der Waals surface area (Å²) in [5.74, 6) is -1.45. The van der Waals surface area contributed by atoms with E-state index in [4.69, 9.17) is 0 Å². The average molecular weight is 338 g/mol. The SMILES string of the molecule is CCc1cccc2c(C(=O)CN3CCCC(C(F)(F)F)C3)c[nH]c12. The number of aromatic amines is 1. The maximum Gasteiger partial charge on any atom is 0.393 e. The van der Waals surface area contributed by atoms with Crippen molar-refractivity contribution in [2.75, 3.05) is 19.6 Å². The van der Waals surface area contributed by atoms with Gasteiger partial charge in [0.1, 0.15) is 0 Å². The second-order valence-electron chi connectivity index (χ2n) is 6.43. The first-order valence-electron chi connectivity index (χ1n) is 8.31. The number of carbonyl (C=O) groups is 1. The number of piperidine rings is 1. The number of nitrogens with zero attached hydrogens (tertiary/aromatic N) is 1. The van der Waals surface area contributed by atoms with Crippen LogP contribution in [-0.2, 0) is 6.42 Å². The third-order valence-corrected chi connectivity index (χ3v) is 4.82. The third kappa shape index (κ3) is 3.34. The van der Waals surface area contributed by atoms with Crippen LogP contribution in [0.15, 0.2) is 24.4 Å². The maximum atomic E-state index is 12.9. The number of halogens is 3. The van der Waals surface area contributed by atoms with Crippen LogP contribution in [0, 0.1) is 5.92 Å². The first kappa shape index (κ1) is 17.0. The number of Topliss-reactive ketones (excluding diaryl/α,β-unsaturated/α-hetero) is 1. The van der Waals surface area contributed by atoms with Gasteiger partial charge in [-0.3, -0.25) is 9.69 Å². The van der Waals surface area contributed by atoms with Crippen molar-refractivity contribution < 1.29 is 18.0 Å². The number of ketones is 1. The van der Waals surface area contributed by atoms with Gasteiger partial charge in [-0.25, -0.2) is 0 Å². The summed E-state index contributed by atoms with van der Waals surface area (Å²) in [6, 6.07) is 5.80. The first-order valence-corrected chi connectivity index (χ1v) is 8.31. The number of para-hydroxylation sites is 1. The maximum absolute atomic E-state index is 12.9. The number of H-pyrrole nitrogens is 1. The van der Waals surface area contributed by atoms with Gasteiger partial charge in [0, 0.05) is 29.2 Å². The number of hydrogen-bond donors (Lipinski definition) is 1. The minimum Gasteiger partial charge on any atom is -0.360 e. The highest BCUT2D eigenvalue weighted by atomic mass is 19.4. The minimum atomic E-state index is -4.18. The van der Waals surface area contributed by atoms with E-state index in [1.165, 1.54) is 0 Å². The molecule has 1 aromatic carbocycles. The highest BCUT2D eigenvalue weighted by Crippen LogP contribution is 2.33. The minimum absolute atomic E-state index is 0.0376. The fourth-order valence-corrected chi connectivity index (χ4v) is 3.50. The Morgan fingerprint density at radius 3 is 2.88 bits per heavy atom. The lowest BCUT2D eigenvalue weighted by molar-refractivity contribution is -0.186. The van der Waals surface area contributed by atoms with Gasteiger partial charge in [0.2, 0.25) is 0 Å². The number of benzene rings is 1. The highest BCUT2D eigenvalue weighted by Gasteiger charge is 2.41. The van der Waals surface area contributed by atoms with Crippen molar-refractivity contribution in [2.45, 2.75) is 32.4 Å². The van der Waals surface area contributed by atoms with E-state index in [1.807, 2.05) is 25.1 Å². The summed E-state index contributed by atoms with van der Waals surface area (Å²) in [5, 5.41) is 0.851. The standard InChI is InChI=1S/C18H21F3N2O/c1-2-12-5-3-7-14-15(9-22-17(12)14)16(24)11-23-8-4-6-13(10-23)18(19,20)21/h3,5,7,9,13,22H,2,4,6,8,10-11H2,1H3. The molecule has 3 rings (SSSR count). The molecular weight excluding hydrogens is 317 g/mol. The molecule has 1 aliphatic rings. The zero-order valence-corrected chi connectivity index (χ0v) is 13.6. The summed E-state index contributed by atoms with van der Waals surface area (Å²) < 4.78 is 38.7. The lowest BCUT2D eigenvalue weighted by atomic mass is 9.97. The molecule has 6 heteroatoms. The van der Waals surface area contributed by atoms with Gasteiger partial charge in [-0.1, -0.05) is 25.1 Å².